The van der Waals surface area contributed by atoms with Crippen LogP contribution in [0.4, 0.5) is 0 Å². The monoisotopic (exact) mass is 244 g/mol. The molecule has 0 aromatic carbocycles. The van der Waals surface area contributed by atoms with Crippen molar-refractivity contribution in [2.45, 2.75) is 24.5 Å². The smallest absolute Gasteiger partial charge is 0.326 e. The van der Waals surface area contributed by atoms with Gasteiger partial charge in [-0.2, -0.15) is 5.10 Å². The molecule has 1 heterocycles. The van der Waals surface area contributed by atoms with Crippen molar-refractivity contribution in [1.82, 2.24) is 14.8 Å². The Kier molecular flexibility index (Phi) is 4.31. The SMILES string of the molecule is CCOC(=O)C(C)(N)CSc1ncnn1C. The molecule has 0 amide bonds. The van der Waals surface area contributed by atoms with Gasteiger partial charge in [0.2, 0.25) is 0 Å². The molecule has 1 atom stereocenters. The third kappa shape index (κ3) is 3.21. The normalized spacial score (nSPS) is 14.5. The van der Waals surface area contributed by atoms with E-state index >= 15 is 0 Å². The summed E-state index contributed by atoms with van der Waals surface area (Å²) < 4.78 is 6.52. The van der Waals surface area contributed by atoms with Crippen LogP contribution in [0.1, 0.15) is 13.8 Å². The second-order valence-electron chi connectivity index (χ2n) is 3.59. The van der Waals surface area contributed by atoms with E-state index in [1.54, 1.807) is 25.6 Å². The van der Waals surface area contributed by atoms with Gasteiger partial charge in [-0.3, -0.25) is 4.79 Å². The van der Waals surface area contributed by atoms with E-state index in [1.807, 2.05) is 0 Å². The fourth-order valence-corrected chi connectivity index (χ4v) is 1.89. The number of thioether (sulfide) groups is 1. The molecule has 0 aliphatic carbocycles. The zero-order chi connectivity index (χ0) is 12.2. The Hall–Kier alpha value is -1.08. The third-order valence-corrected chi connectivity index (χ3v) is 3.28. The van der Waals surface area contributed by atoms with Crippen molar-refractivity contribution in [3.63, 3.8) is 0 Å². The highest BCUT2D eigenvalue weighted by atomic mass is 32.2. The molecular formula is C9H16N4O2S. The Labute approximate surface area is 98.6 Å². The van der Waals surface area contributed by atoms with Crippen LogP contribution in [0.15, 0.2) is 11.5 Å². The molecule has 1 unspecified atom stereocenters. The van der Waals surface area contributed by atoms with Gasteiger partial charge in [-0.05, 0) is 13.8 Å². The van der Waals surface area contributed by atoms with Crippen molar-refractivity contribution in [2.24, 2.45) is 12.8 Å². The highest BCUT2D eigenvalue weighted by Crippen LogP contribution is 2.19. The minimum atomic E-state index is -1.01. The molecule has 0 saturated carbocycles. The summed E-state index contributed by atoms with van der Waals surface area (Å²) in [4.78, 5) is 15.5. The molecule has 7 heteroatoms. The number of nitrogens with two attached hydrogens (primary N) is 1. The number of hydrogen-bond acceptors (Lipinski definition) is 6. The molecule has 1 aromatic heterocycles. The summed E-state index contributed by atoms with van der Waals surface area (Å²) in [5, 5.41) is 4.65. The van der Waals surface area contributed by atoms with Gasteiger partial charge in [0.1, 0.15) is 11.9 Å². The lowest BCUT2D eigenvalue weighted by atomic mass is 10.1. The van der Waals surface area contributed by atoms with Crippen molar-refractivity contribution >= 4 is 17.7 Å². The first-order chi connectivity index (χ1) is 7.47. The first kappa shape index (κ1) is 13.0. The van der Waals surface area contributed by atoms with E-state index in [4.69, 9.17) is 10.5 Å². The zero-order valence-corrected chi connectivity index (χ0v) is 10.5. The largest absolute Gasteiger partial charge is 0.465 e. The van der Waals surface area contributed by atoms with Crippen molar-refractivity contribution < 1.29 is 9.53 Å². The fourth-order valence-electron chi connectivity index (χ4n) is 0.986. The summed E-state index contributed by atoms with van der Waals surface area (Å²) in [5.74, 6) is 0.00270. The number of carbonyl (C=O) groups excluding carboxylic acids is 1. The Morgan fingerprint density at radius 1 is 1.75 bits per heavy atom. The number of aromatic nitrogens is 3. The molecule has 90 valence electrons. The van der Waals surface area contributed by atoms with Crippen molar-refractivity contribution in [3.05, 3.63) is 6.33 Å². The van der Waals surface area contributed by atoms with E-state index in [2.05, 4.69) is 10.1 Å². The summed E-state index contributed by atoms with van der Waals surface area (Å²) in [6.45, 7) is 3.73. The molecule has 2 N–H and O–H groups in total. The van der Waals surface area contributed by atoms with Crippen LogP contribution in [0.2, 0.25) is 0 Å². The molecule has 1 aromatic rings. The number of carbonyl (C=O) groups is 1. The van der Waals surface area contributed by atoms with Gasteiger partial charge in [0.25, 0.3) is 0 Å². The predicted molar refractivity (Wildman–Crippen MR) is 61.0 cm³/mol. The van der Waals surface area contributed by atoms with Crippen molar-refractivity contribution in [1.29, 1.82) is 0 Å². The number of aryl methyl sites for hydroxylation is 1. The van der Waals surface area contributed by atoms with Gasteiger partial charge in [-0.1, -0.05) is 11.8 Å². The van der Waals surface area contributed by atoms with E-state index < -0.39 is 11.5 Å². The second kappa shape index (κ2) is 5.31. The number of rotatable bonds is 5. The highest BCUT2D eigenvalue weighted by molar-refractivity contribution is 7.99. The van der Waals surface area contributed by atoms with Crippen molar-refractivity contribution in [3.8, 4) is 0 Å². The van der Waals surface area contributed by atoms with Crippen LogP contribution < -0.4 is 5.73 Å². The van der Waals surface area contributed by atoms with Gasteiger partial charge in [0.05, 0.1) is 6.61 Å². The Balaban J connectivity index is 2.54. The molecule has 0 spiro atoms. The van der Waals surface area contributed by atoms with Gasteiger partial charge in [-0.15, -0.1) is 0 Å². The molecular weight excluding hydrogens is 228 g/mol. The number of hydrogen-bond donors (Lipinski definition) is 1. The minimum absolute atomic E-state index is 0.334. The summed E-state index contributed by atoms with van der Waals surface area (Å²) in [6.07, 6.45) is 1.46. The predicted octanol–water partition coefficient (Wildman–Crippen LogP) is 0.188. The number of ether oxygens (including phenoxy) is 1. The molecule has 0 saturated heterocycles. The molecule has 0 aliphatic heterocycles. The Bertz CT molecular complexity index is 364. The average molecular weight is 244 g/mol. The maximum atomic E-state index is 11.5. The zero-order valence-electron chi connectivity index (χ0n) is 9.64. The van der Waals surface area contributed by atoms with E-state index in [0.29, 0.717) is 12.4 Å². The van der Waals surface area contributed by atoms with Gasteiger partial charge in [0, 0.05) is 12.8 Å². The summed E-state index contributed by atoms with van der Waals surface area (Å²) in [7, 11) is 1.79. The van der Waals surface area contributed by atoms with Crippen LogP contribution in [0.5, 0.6) is 0 Å². The molecule has 1 rings (SSSR count). The average Bonchev–Trinajstić information content (AvgIpc) is 2.61. The molecule has 16 heavy (non-hydrogen) atoms. The number of nitrogens with zero attached hydrogens (tertiary/aromatic N) is 3. The summed E-state index contributed by atoms with van der Waals surface area (Å²) in [5.41, 5.74) is 4.85. The second-order valence-corrected chi connectivity index (χ2v) is 4.54. The quantitative estimate of drug-likeness (QED) is 0.588. The van der Waals surface area contributed by atoms with Gasteiger partial charge < -0.3 is 10.5 Å². The fraction of sp³-hybridized carbons (Fsp3) is 0.667. The van der Waals surface area contributed by atoms with E-state index in [1.165, 1.54) is 18.1 Å². The van der Waals surface area contributed by atoms with E-state index in [9.17, 15) is 4.79 Å². The van der Waals surface area contributed by atoms with Crippen LogP contribution in [-0.4, -0.2) is 38.6 Å². The third-order valence-electron chi connectivity index (χ3n) is 1.91. The van der Waals surface area contributed by atoms with Gasteiger partial charge in [-0.25, -0.2) is 9.67 Å². The lowest BCUT2D eigenvalue weighted by Crippen LogP contribution is -2.48. The van der Waals surface area contributed by atoms with Gasteiger partial charge >= 0.3 is 5.97 Å². The van der Waals surface area contributed by atoms with Gasteiger partial charge in [0.15, 0.2) is 5.16 Å². The van der Waals surface area contributed by atoms with Crippen LogP contribution in [-0.2, 0) is 16.6 Å². The maximum absolute atomic E-state index is 11.5. The molecule has 0 bridgehead atoms. The van der Waals surface area contributed by atoms with Crippen LogP contribution in [0.3, 0.4) is 0 Å². The lowest BCUT2D eigenvalue weighted by molar-refractivity contribution is -0.148. The van der Waals surface area contributed by atoms with Crippen LogP contribution in [0, 0.1) is 0 Å². The molecule has 0 radical (unpaired) electrons. The number of esters is 1. The molecule has 0 fully saturated rings. The maximum Gasteiger partial charge on any atom is 0.326 e. The summed E-state index contributed by atoms with van der Waals surface area (Å²) >= 11 is 1.38. The Morgan fingerprint density at radius 3 is 2.94 bits per heavy atom. The van der Waals surface area contributed by atoms with Crippen LogP contribution in [0.25, 0.3) is 0 Å². The van der Waals surface area contributed by atoms with E-state index in [0.717, 1.165) is 5.16 Å². The molecule has 6 nitrogen and oxygen atoms in total. The first-order valence-corrected chi connectivity index (χ1v) is 5.89. The minimum Gasteiger partial charge on any atom is -0.465 e. The van der Waals surface area contributed by atoms with Crippen LogP contribution >= 0.6 is 11.8 Å². The highest BCUT2D eigenvalue weighted by Gasteiger charge is 2.30. The standard InChI is InChI=1S/C9H16N4O2S/c1-4-15-7(14)9(2,10)5-16-8-11-6-12-13(8)3/h6H,4-5,10H2,1-3H3. The molecule has 0 aliphatic rings. The topological polar surface area (TPSA) is 83.0 Å². The summed E-state index contributed by atoms with van der Waals surface area (Å²) in [6, 6.07) is 0. The lowest BCUT2D eigenvalue weighted by Gasteiger charge is -2.21. The van der Waals surface area contributed by atoms with E-state index in [-0.39, 0.29) is 0 Å². The Morgan fingerprint density at radius 2 is 2.44 bits per heavy atom. The first-order valence-electron chi connectivity index (χ1n) is 4.90. The van der Waals surface area contributed by atoms with Crippen molar-refractivity contribution in [2.75, 3.05) is 12.4 Å².